The van der Waals surface area contributed by atoms with Crippen molar-refractivity contribution in [1.29, 1.82) is 0 Å². The molecule has 19 heavy (non-hydrogen) atoms. The number of hydrogen-bond donors (Lipinski definition) is 3. The molecule has 1 unspecified atom stereocenters. The molecule has 1 aromatic rings. The summed E-state index contributed by atoms with van der Waals surface area (Å²) < 4.78 is 0. The summed E-state index contributed by atoms with van der Waals surface area (Å²) in [4.78, 5) is 22.6. The van der Waals surface area contributed by atoms with Gasteiger partial charge in [0, 0.05) is 12.6 Å². The van der Waals surface area contributed by atoms with Crippen LogP contribution in [-0.4, -0.2) is 29.1 Å². The molecule has 0 radical (unpaired) electrons. The van der Waals surface area contributed by atoms with E-state index in [9.17, 15) is 9.59 Å². The second kappa shape index (κ2) is 5.84. The number of hydrogen-bond acceptors (Lipinski definition) is 3. The zero-order valence-corrected chi connectivity index (χ0v) is 10.8. The van der Waals surface area contributed by atoms with Crippen LogP contribution in [-0.2, 0) is 22.6 Å². The summed E-state index contributed by atoms with van der Waals surface area (Å²) >= 11 is 0. The molecule has 2 rings (SSSR count). The minimum absolute atomic E-state index is 0.0605. The topological polar surface area (TPSA) is 78.4 Å². The molecule has 5 heteroatoms. The smallest absolute Gasteiger partial charge is 0.305 e. The van der Waals surface area contributed by atoms with Gasteiger partial charge >= 0.3 is 5.97 Å². The fourth-order valence-electron chi connectivity index (χ4n) is 2.30. The Morgan fingerprint density at radius 2 is 2.11 bits per heavy atom. The summed E-state index contributed by atoms with van der Waals surface area (Å²) in [5, 5.41) is 14.6. The Kier molecular flexibility index (Phi) is 4.16. The zero-order valence-electron chi connectivity index (χ0n) is 10.8. The Bertz CT molecular complexity index is 487. The van der Waals surface area contributed by atoms with Crippen LogP contribution in [0.4, 0.5) is 0 Å². The van der Waals surface area contributed by atoms with Gasteiger partial charge in [-0.05, 0) is 24.5 Å². The molecule has 5 nitrogen and oxygen atoms in total. The summed E-state index contributed by atoms with van der Waals surface area (Å²) in [6.07, 6.45) is 0.580. The molecular formula is C14H18N2O3. The molecule has 0 aromatic heterocycles. The van der Waals surface area contributed by atoms with Crippen molar-refractivity contribution in [2.45, 2.75) is 38.4 Å². The fraction of sp³-hybridized carbons (Fsp3) is 0.429. The molecule has 0 aliphatic carbocycles. The van der Waals surface area contributed by atoms with E-state index in [0.717, 1.165) is 0 Å². The van der Waals surface area contributed by atoms with E-state index in [1.807, 2.05) is 24.3 Å². The SMILES string of the molecule is CC(CC(=O)O)NC(=O)[C@@H]1Cc2ccccc2CN1. The van der Waals surface area contributed by atoms with E-state index >= 15 is 0 Å². The standard InChI is InChI=1S/C14H18N2O3/c1-9(6-13(17)18)16-14(19)12-7-10-4-2-3-5-11(10)8-15-12/h2-5,9,12,15H,6-8H2,1H3,(H,16,19)(H,17,18)/t9?,12-/m0/s1. The highest BCUT2D eigenvalue weighted by molar-refractivity contribution is 5.83. The number of amides is 1. The zero-order chi connectivity index (χ0) is 13.8. The van der Waals surface area contributed by atoms with Crippen LogP contribution in [0.15, 0.2) is 24.3 Å². The number of carbonyl (C=O) groups excluding carboxylic acids is 1. The molecule has 0 saturated heterocycles. The number of rotatable bonds is 4. The molecule has 0 spiro atoms. The first-order chi connectivity index (χ1) is 9.06. The molecule has 1 aromatic carbocycles. The van der Waals surface area contributed by atoms with Crippen LogP contribution in [0.3, 0.4) is 0 Å². The third kappa shape index (κ3) is 3.54. The van der Waals surface area contributed by atoms with Crippen molar-refractivity contribution in [3.63, 3.8) is 0 Å². The van der Waals surface area contributed by atoms with Crippen molar-refractivity contribution in [2.75, 3.05) is 0 Å². The molecule has 0 fully saturated rings. The summed E-state index contributed by atoms with van der Waals surface area (Å²) in [6, 6.07) is 7.37. The number of nitrogens with one attached hydrogen (secondary N) is 2. The van der Waals surface area contributed by atoms with Crippen LogP contribution >= 0.6 is 0 Å². The van der Waals surface area contributed by atoms with Gasteiger partial charge in [0.2, 0.25) is 5.91 Å². The number of carboxylic acid groups (broad SMARTS) is 1. The second-order valence-corrected chi connectivity index (χ2v) is 4.91. The van der Waals surface area contributed by atoms with Crippen molar-refractivity contribution >= 4 is 11.9 Å². The normalized spacial score (nSPS) is 19.3. The highest BCUT2D eigenvalue weighted by Gasteiger charge is 2.25. The fourth-order valence-corrected chi connectivity index (χ4v) is 2.30. The first-order valence-corrected chi connectivity index (χ1v) is 6.38. The Labute approximate surface area is 112 Å². The van der Waals surface area contributed by atoms with Gasteiger partial charge in [-0.2, -0.15) is 0 Å². The molecule has 3 N–H and O–H groups in total. The predicted octanol–water partition coefficient (Wildman–Crippen LogP) is 0.680. The number of carboxylic acids is 1. The van der Waals surface area contributed by atoms with E-state index in [4.69, 9.17) is 5.11 Å². The van der Waals surface area contributed by atoms with Gasteiger partial charge < -0.3 is 15.7 Å². The van der Waals surface area contributed by atoms with E-state index in [1.54, 1.807) is 6.92 Å². The average Bonchev–Trinajstić information content (AvgIpc) is 2.37. The monoisotopic (exact) mass is 262 g/mol. The van der Waals surface area contributed by atoms with Crippen LogP contribution < -0.4 is 10.6 Å². The van der Waals surface area contributed by atoms with Crippen molar-refractivity contribution < 1.29 is 14.7 Å². The summed E-state index contributed by atoms with van der Waals surface area (Å²) in [6.45, 7) is 2.37. The maximum absolute atomic E-state index is 12.0. The van der Waals surface area contributed by atoms with Gasteiger partial charge in [0.05, 0.1) is 12.5 Å². The first-order valence-electron chi connectivity index (χ1n) is 6.38. The predicted molar refractivity (Wildman–Crippen MR) is 70.6 cm³/mol. The molecule has 0 bridgehead atoms. The van der Waals surface area contributed by atoms with Gasteiger partial charge in [0.15, 0.2) is 0 Å². The van der Waals surface area contributed by atoms with Gasteiger partial charge in [-0.15, -0.1) is 0 Å². The second-order valence-electron chi connectivity index (χ2n) is 4.91. The van der Waals surface area contributed by atoms with E-state index in [1.165, 1.54) is 11.1 Å². The molecule has 1 heterocycles. The van der Waals surface area contributed by atoms with Crippen molar-refractivity contribution in [1.82, 2.24) is 10.6 Å². The molecular weight excluding hydrogens is 244 g/mol. The van der Waals surface area contributed by atoms with Crippen molar-refractivity contribution in [2.24, 2.45) is 0 Å². The van der Waals surface area contributed by atoms with Crippen LogP contribution in [0.25, 0.3) is 0 Å². The van der Waals surface area contributed by atoms with Crippen LogP contribution in [0.2, 0.25) is 0 Å². The Balaban J connectivity index is 1.93. The lowest BCUT2D eigenvalue weighted by Gasteiger charge is -2.26. The molecule has 1 amide bonds. The molecule has 102 valence electrons. The van der Waals surface area contributed by atoms with E-state index in [2.05, 4.69) is 10.6 Å². The lowest BCUT2D eigenvalue weighted by atomic mass is 9.95. The number of fused-ring (bicyclic) bond motifs is 1. The lowest BCUT2D eigenvalue weighted by molar-refractivity contribution is -0.137. The number of aliphatic carboxylic acids is 1. The van der Waals surface area contributed by atoms with E-state index in [0.29, 0.717) is 13.0 Å². The lowest BCUT2D eigenvalue weighted by Crippen LogP contribution is -2.50. The van der Waals surface area contributed by atoms with E-state index < -0.39 is 5.97 Å². The maximum Gasteiger partial charge on any atom is 0.305 e. The largest absolute Gasteiger partial charge is 0.481 e. The number of benzene rings is 1. The van der Waals surface area contributed by atoms with Gasteiger partial charge in [-0.25, -0.2) is 0 Å². The third-order valence-corrected chi connectivity index (χ3v) is 3.27. The molecule has 1 aliphatic rings. The quantitative estimate of drug-likeness (QED) is 0.745. The highest BCUT2D eigenvalue weighted by atomic mass is 16.4. The van der Waals surface area contributed by atoms with Crippen LogP contribution in [0.1, 0.15) is 24.5 Å². The van der Waals surface area contributed by atoms with Crippen LogP contribution in [0.5, 0.6) is 0 Å². The summed E-state index contributed by atoms with van der Waals surface area (Å²) in [7, 11) is 0. The molecule has 1 aliphatic heterocycles. The minimum Gasteiger partial charge on any atom is -0.481 e. The molecule has 0 saturated carbocycles. The average molecular weight is 262 g/mol. The molecule has 2 atom stereocenters. The van der Waals surface area contributed by atoms with Crippen molar-refractivity contribution in [3.8, 4) is 0 Å². The van der Waals surface area contributed by atoms with Gasteiger partial charge in [0.1, 0.15) is 0 Å². The first kappa shape index (κ1) is 13.5. The Morgan fingerprint density at radius 1 is 1.42 bits per heavy atom. The Morgan fingerprint density at radius 3 is 2.79 bits per heavy atom. The Hall–Kier alpha value is -1.88. The van der Waals surface area contributed by atoms with Gasteiger partial charge in [-0.1, -0.05) is 24.3 Å². The third-order valence-electron chi connectivity index (χ3n) is 3.27. The maximum atomic E-state index is 12.0. The number of carbonyl (C=O) groups is 2. The highest BCUT2D eigenvalue weighted by Crippen LogP contribution is 2.16. The van der Waals surface area contributed by atoms with Gasteiger partial charge in [-0.3, -0.25) is 9.59 Å². The van der Waals surface area contributed by atoms with E-state index in [-0.39, 0.29) is 24.4 Å². The minimum atomic E-state index is -0.908. The van der Waals surface area contributed by atoms with Crippen LogP contribution in [0, 0.1) is 0 Å². The summed E-state index contributed by atoms with van der Waals surface area (Å²) in [5.41, 5.74) is 2.39. The van der Waals surface area contributed by atoms with Crippen molar-refractivity contribution in [3.05, 3.63) is 35.4 Å². The summed E-state index contributed by atoms with van der Waals surface area (Å²) in [5.74, 6) is -1.04. The van der Waals surface area contributed by atoms with Gasteiger partial charge in [0.25, 0.3) is 0 Å².